The second-order valence-corrected chi connectivity index (χ2v) is 5.56. The van der Waals surface area contributed by atoms with Crippen LogP contribution in [0.5, 0.6) is 0 Å². The average molecular weight is 288 g/mol. The van der Waals surface area contributed by atoms with Crippen molar-refractivity contribution in [2.24, 2.45) is 5.73 Å². The van der Waals surface area contributed by atoms with E-state index >= 15 is 0 Å². The van der Waals surface area contributed by atoms with E-state index in [1.165, 1.54) is 12.1 Å². The van der Waals surface area contributed by atoms with E-state index in [2.05, 4.69) is 0 Å². The van der Waals surface area contributed by atoms with E-state index in [0.29, 0.717) is 25.4 Å². The molecule has 0 radical (unpaired) electrons. The fourth-order valence-corrected chi connectivity index (χ4v) is 2.51. The van der Waals surface area contributed by atoms with Crippen molar-refractivity contribution in [1.82, 2.24) is 0 Å². The van der Waals surface area contributed by atoms with Gasteiger partial charge in [0.1, 0.15) is 0 Å². The van der Waals surface area contributed by atoms with Crippen LogP contribution in [0.4, 0.5) is 18.9 Å². The van der Waals surface area contributed by atoms with Crippen molar-refractivity contribution in [3.63, 3.8) is 0 Å². The molecule has 3 nitrogen and oxygen atoms in total. The first kappa shape index (κ1) is 15.1. The Balaban J connectivity index is 2.43. The molecular formula is C14H19F3N2O. The zero-order valence-corrected chi connectivity index (χ0v) is 11.6. The predicted molar refractivity (Wildman–Crippen MR) is 71.6 cm³/mol. The van der Waals surface area contributed by atoms with Crippen LogP contribution in [0.1, 0.15) is 25.0 Å². The minimum atomic E-state index is -4.39. The third-order valence-electron chi connectivity index (χ3n) is 3.58. The Kier molecular flexibility index (Phi) is 3.97. The van der Waals surface area contributed by atoms with Crippen molar-refractivity contribution in [3.05, 3.63) is 29.3 Å². The summed E-state index contributed by atoms with van der Waals surface area (Å²) in [5.74, 6) is 0. The summed E-state index contributed by atoms with van der Waals surface area (Å²) in [5.41, 5.74) is 5.09. The zero-order valence-electron chi connectivity index (χ0n) is 11.6. The Morgan fingerprint density at radius 2 is 2.05 bits per heavy atom. The number of morpholine rings is 1. The molecule has 1 aromatic carbocycles. The van der Waals surface area contributed by atoms with Crippen LogP contribution in [0.2, 0.25) is 0 Å². The highest BCUT2D eigenvalue weighted by atomic mass is 19.4. The van der Waals surface area contributed by atoms with Crippen LogP contribution in [0, 0.1) is 0 Å². The molecule has 1 saturated heterocycles. The Morgan fingerprint density at radius 3 is 2.60 bits per heavy atom. The molecule has 2 N–H and O–H groups in total. The maximum Gasteiger partial charge on any atom is 0.416 e. The van der Waals surface area contributed by atoms with Gasteiger partial charge in [0.25, 0.3) is 0 Å². The summed E-state index contributed by atoms with van der Waals surface area (Å²) in [6, 6.07) is 4.35. The van der Waals surface area contributed by atoms with Gasteiger partial charge in [-0.3, -0.25) is 0 Å². The average Bonchev–Trinajstić information content (AvgIpc) is 2.36. The number of benzene rings is 1. The molecule has 0 bridgehead atoms. The largest absolute Gasteiger partial charge is 0.416 e. The van der Waals surface area contributed by atoms with Crippen LogP contribution in [0.15, 0.2) is 18.2 Å². The number of hydrogen-bond acceptors (Lipinski definition) is 3. The van der Waals surface area contributed by atoms with Gasteiger partial charge >= 0.3 is 6.18 Å². The first-order chi connectivity index (χ1) is 9.25. The summed E-state index contributed by atoms with van der Waals surface area (Å²) < 4.78 is 44.6. The summed E-state index contributed by atoms with van der Waals surface area (Å²) >= 11 is 0. The molecule has 0 amide bonds. The minimum Gasteiger partial charge on any atom is -0.377 e. The molecule has 0 spiro atoms. The number of hydrogen-bond donors (Lipinski definition) is 1. The van der Waals surface area contributed by atoms with Gasteiger partial charge in [0.15, 0.2) is 0 Å². The number of nitrogens with zero attached hydrogens (tertiary/aromatic N) is 1. The Hall–Kier alpha value is -1.27. The normalized spacial score (nSPS) is 19.2. The van der Waals surface area contributed by atoms with Gasteiger partial charge < -0.3 is 15.4 Å². The Bertz CT molecular complexity index is 486. The van der Waals surface area contributed by atoms with E-state index in [1.54, 1.807) is 6.07 Å². The standard InChI is InChI=1S/C14H19F3N2O/c1-13(2)9-20-6-5-19(13)11-4-3-10(8-18)12(7-11)14(15,16)17/h3-4,7H,5-6,8-9,18H2,1-2H3. The fourth-order valence-electron chi connectivity index (χ4n) is 2.51. The Morgan fingerprint density at radius 1 is 1.35 bits per heavy atom. The lowest BCUT2D eigenvalue weighted by Gasteiger charge is -2.44. The van der Waals surface area contributed by atoms with Crippen LogP contribution in [0.3, 0.4) is 0 Å². The molecule has 0 saturated carbocycles. The summed E-state index contributed by atoms with van der Waals surface area (Å²) in [5, 5.41) is 0. The maximum absolute atomic E-state index is 13.1. The molecule has 6 heteroatoms. The number of halogens is 3. The molecule has 0 aromatic heterocycles. The van der Waals surface area contributed by atoms with Crippen molar-refractivity contribution >= 4 is 5.69 Å². The van der Waals surface area contributed by atoms with Crippen molar-refractivity contribution in [1.29, 1.82) is 0 Å². The van der Waals surface area contributed by atoms with Gasteiger partial charge in [0.2, 0.25) is 0 Å². The maximum atomic E-state index is 13.1. The third-order valence-corrected chi connectivity index (χ3v) is 3.58. The smallest absolute Gasteiger partial charge is 0.377 e. The van der Waals surface area contributed by atoms with E-state index in [0.717, 1.165) is 0 Å². The summed E-state index contributed by atoms with van der Waals surface area (Å²) in [6.07, 6.45) is -4.39. The Labute approximate surface area is 116 Å². The van der Waals surface area contributed by atoms with E-state index in [4.69, 9.17) is 10.5 Å². The van der Waals surface area contributed by atoms with Crippen LogP contribution < -0.4 is 10.6 Å². The molecular weight excluding hydrogens is 269 g/mol. The quantitative estimate of drug-likeness (QED) is 0.909. The number of ether oxygens (including phenoxy) is 1. The molecule has 1 aromatic rings. The lowest BCUT2D eigenvalue weighted by molar-refractivity contribution is -0.138. The molecule has 20 heavy (non-hydrogen) atoms. The molecule has 0 atom stereocenters. The second kappa shape index (κ2) is 5.26. The lowest BCUT2D eigenvalue weighted by atomic mass is 9.99. The lowest BCUT2D eigenvalue weighted by Crippen LogP contribution is -2.53. The summed E-state index contributed by atoms with van der Waals surface area (Å²) in [6.45, 7) is 5.37. The minimum absolute atomic E-state index is 0.118. The van der Waals surface area contributed by atoms with Crippen molar-refractivity contribution in [3.8, 4) is 0 Å². The van der Waals surface area contributed by atoms with E-state index < -0.39 is 11.7 Å². The predicted octanol–water partition coefficient (Wildman–Crippen LogP) is 2.78. The molecule has 1 fully saturated rings. The SMILES string of the molecule is CC1(C)COCCN1c1ccc(CN)c(C(F)(F)F)c1. The van der Waals surface area contributed by atoms with Crippen LogP contribution >= 0.6 is 0 Å². The second-order valence-electron chi connectivity index (χ2n) is 5.56. The monoisotopic (exact) mass is 288 g/mol. The number of alkyl halides is 3. The van der Waals surface area contributed by atoms with E-state index in [1.807, 2.05) is 18.7 Å². The number of nitrogens with two attached hydrogens (primary N) is 1. The molecule has 0 unspecified atom stereocenters. The van der Waals surface area contributed by atoms with Crippen LogP contribution in [-0.2, 0) is 17.5 Å². The number of rotatable bonds is 2. The highest BCUT2D eigenvalue weighted by molar-refractivity contribution is 5.54. The molecule has 0 aliphatic carbocycles. The first-order valence-electron chi connectivity index (χ1n) is 6.51. The van der Waals surface area contributed by atoms with E-state index in [-0.39, 0.29) is 17.6 Å². The van der Waals surface area contributed by atoms with Crippen LogP contribution in [-0.4, -0.2) is 25.3 Å². The summed E-state index contributed by atoms with van der Waals surface area (Å²) in [4.78, 5) is 1.95. The van der Waals surface area contributed by atoms with Gasteiger partial charge in [-0.25, -0.2) is 0 Å². The van der Waals surface area contributed by atoms with E-state index in [9.17, 15) is 13.2 Å². The zero-order chi connectivity index (χ0) is 15.0. The van der Waals surface area contributed by atoms with Gasteiger partial charge in [-0.2, -0.15) is 13.2 Å². The van der Waals surface area contributed by atoms with Gasteiger partial charge in [-0.1, -0.05) is 6.07 Å². The van der Waals surface area contributed by atoms with Gasteiger partial charge in [-0.15, -0.1) is 0 Å². The van der Waals surface area contributed by atoms with Gasteiger partial charge in [0, 0.05) is 18.8 Å². The third kappa shape index (κ3) is 2.91. The molecule has 1 heterocycles. The molecule has 2 rings (SSSR count). The van der Waals surface area contributed by atoms with Gasteiger partial charge in [-0.05, 0) is 31.5 Å². The highest BCUT2D eigenvalue weighted by Gasteiger charge is 2.36. The first-order valence-corrected chi connectivity index (χ1v) is 6.51. The fraction of sp³-hybridized carbons (Fsp3) is 0.571. The molecule has 1 aliphatic rings. The summed E-state index contributed by atoms with van der Waals surface area (Å²) in [7, 11) is 0. The van der Waals surface area contributed by atoms with Crippen molar-refractivity contribution in [2.45, 2.75) is 32.1 Å². The van der Waals surface area contributed by atoms with Crippen molar-refractivity contribution < 1.29 is 17.9 Å². The van der Waals surface area contributed by atoms with Gasteiger partial charge in [0.05, 0.1) is 24.3 Å². The molecule has 112 valence electrons. The highest BCUT2D eigenvalue weighted by Crippen LogP contribution is 2.36. The van der Waals surface area contributed by atoms with Crippen LogP contribution in [0.25, 0.3) is 0 Å². The molecule has 1 aliphatic heterocycles. The van der Waals surface area contributed by atoms with Crippen molar-refractivity contribution in [2.75, 3.05) is 24.7 Å². The number of anilines is 1. The topological polar surface area (TPSA) is 38.5 Å².